The molecule has 1 aliphatic rings. The molecule has 1 saturated heterocycles. The first-order valence-corrected chi connectivity index (χ1v) is 7.30. The van der Waals surface area contributed by atoms with E-state index in [4.69, 9.17) is 5.73 Å². The van der Waals surface area contributed by atoms with E-state index >= 15 is 0 Å². The first-order chi connectivity index (χ1) is 10.1. The molecule has 2 heterocycles. The number of likely N-dealkylation sites (tertiary alicyclic amines) is 1. The van der Waals surface area contributed by atoms with Crippen molar-refractivity contribution in [3.63, 3.8) is 0 Å². The smallest absolute Gasteiger partial charge is 0.253 e. The molecule has 3 rings (SSSR count). The molecule has 1 aromatic heterocycles. The second kappa shape index (κ2) is 5.60. The Morgan fingerprint density at radius 1 is 1.19 bits per heavy atom. The molecule has 0 aliphatic carbocycles. The Kier molecular flexibility index (Phi) is 3.64. The van der Waals surface area contributed by atoms with Crippen LogP contribution in [0.2, 0.25) is 0 Å². The van der Waals surface area contributed by atoms with Gasteiger partial charge in [0.05, 0.1) is 6.04 Å². The number of nitrogen functional groups attached to an aromatic ring is 1. The highest BCUT2D eigenvalue weighted by Crippen LogP contribution is 2.23. The van der Waals surface area contributed by atoms with Crippen LogP contribution in [0.15, 0.2) is 36.5 Å². The first kappa shape index (κ1) is 13.7. The van der Waals surface area contributed by atoms with Gasteiger partial charge in [0, 0.05) is 24.8 Å². The number of benzene rings is 1. The molecule has 0 saturated carbocycles. The van der Waals surface area contributed by atoms with Gasteiger partial charge in [0.15, 0.2) is 0 Å². The number of rotatable bonds is 2. The van der Waals surface area contributed by atoms with Crippen molar-refractivity contribution in [3.05, 3.63) is 47.7 Å². The van der Waals surface area contributed by atoms with E-state index in [1.54, 1.807) is 0 Å². The van der Waals surface area contributed by atoms with E-state index in [0.29, 0.717) is 11.9 Å². The number of aromatic nitrogens is 2. The summed E-state index contributed by atoms with van der Waals surface area (Å²) >= 11 is 0. The maximum absolute atomic E-state index is 12.4. The van der Waals surface area contributed by atoms with Crippen LogP contribution in [0.25, 0.3) is 0 Å². The lowest BCUT2D eigenvalue weighted by Gasteiger charge is -2.32. The molecule has 0 atom stereocenters. The number of carbonyl (C=O) groups is 1. The molecule has 1 aliphatic heterocycles. The largest absolute Gasteiger partial charge is 0.382 e. The van der Waals surface area contributed by atoms with E-state index in [0.717, 1.165) is 31.5 Å². The van der Waals surface area contributed by atoms with Gasteiger partial charge in [-0.15, -0.1) is 0 Å². The summed E-state index contributed by atoms with van der Waals surface area (Å²) in [7, 11) is 0. The van der Waals surface area contributed by atoms with E-state index in [2.05, 4.69) is 5.10 Å². The monoisotopic (exact) mass is 284 g/mol. The normalized spacial score (nSPS) is 16.1. The fourth-order valence-electron chi connectivity index (χ4n) is 2.77. The van der Waals surface area contributed by atoms with Crippen molar-refractivity contribution in [3.8, 4) is 0 Å². The minimum absolute atomic E-state index is 0.119. The van der Waals surface area contributed by atoms with E-state index in [1.165, 1.54) is 5.56 Å². The molecule has 1 aromatic carbocycles. The lowest BCUT2D eigenvalue weighted by Crippen LogP contribution is -2.39. The average molecular weight is 284 g/mol. The fraction of sp³-hybridized carbons (Fsp3) is 0.375. The SMILES string of the molecule is Cc1ccc(C(=O)N2CCC(n3ccc(N)n3)CC2)cc1. The van der Waals surface area contributed by atoms with Crippen molar-refractivity contribution in [1.82, 2.24) is 14.7 Å². The predicted molar refractivity (Wildman–Crippen MR) is 82.0 cm³/mol. The zero-order valence-electron chi connectivity index (χ0n) is 12.2. The minimum Gasteiger partial charge on any atom is -0.382 e. The zero-order valence-corrected chi connectivity index (χ0v) is 12.2. The fourth-order valence-corrected chi connectivity index (χ4v) is 2.77. The molecule has 21 heavy (non-hydrogen) atoms. The third kappa shape index (κ3) is 2.91. The highest BCUT2D eigenvalue weighted by Gasteiger charge is 2.24. The summed E-state index contributed by atoms with van der Waals surface area (Å²) in [5.41, 5.74) is 7.59. The van der Waals surface area contributed by atoms with E-state index in [9.17, 15) is 4.79 Å². The van der Waals surface area contributed by atoms with Crippen molar-refractivity contribution in [2.75, 3.05) is 18.8 Å². The molecule has 0 bridgehead atoms. The second-order valence-electron chi connectivity index (χ2n) is 5.61. The van der Waals surface area contributed by atoms with Gasteiger partial charge < -0.3 is 10.6 Å². The lowest BCUT2D eigenvalue weighted by molar-refractivity contribution is 0.0690. The predicted octanol–water partition coefficient (Wildman–Crippen LogP) is 2.25. The Bertz CT molecular complexity index is 624. The van der Waals surface area contributed by atoms with Crippen LogP contribution in [-0.2, 0) is 0 Å². The van der Waals surface area contributed by atoms with Gasteiger partial charge in [0.1, 0.15) is 5.82 Å². The molecule has 2 aromatic rings. The Morgan fingerprint density at radius 3 is 2.43 bits per heavy atom. The number of hydrogen-bond acceptors (Lipinski definition) is 3. The van der Waals surface area contributed by atoms with Gasteiger partial charge in [-0.05, 0) is 38.0 Å². The number of nitrogens with two attached hydrogens (primary N) is 1. The summed E-state index contributed by atoms with van der Waals surface area (Å²) in [4.78, 5) is 14.4. The summed E-state index contributed by atoms with van der Waals surface area (Å²) in [6.07, 6.45) is 3.74. The van der Waals surface area contributed by atoms with Crippen LogP contribution < -0.4 is 5.73 Å². The van der Waals surface area contributed by atoms with E-state index in [1.807, 2.05) is 53.0 Å². The van der Waals surface area contributed by atoms with Gasteiger partial charge in [0.25, 0.3) is 5.91 Å². The van der Waals surface area contributed by atoms with Crippen LogP contribution in [0.5, 0.6) is 0 Å². The third-order valence-electron chi connectivity index (χ3n) is 4.05. The van der Waals surface area contributed by atoms with Crippen LogP contribution in [0, 0.1) is 6.92 Å². The summed E-state index contributed by atoms with van der Waals surface area (Å²) in [5.74, 6) is 0.668. The molecule has 0 radical (unpaired) electrons. The van der Waals surface area contributed by atoms with Gasteiger partial charge in [-0.25, -0.2) is 0 Å². The van der Waals surface area contributed by atoms with Crippen molar-refractivity contribution in [1.29, 1.82) is 0 Å². The Morgan fingerprint density at radius 2 is 1.86 bits per heavy atom. The Labute approximate surface area is 124 Å². The molecule has 5 nitrogen and oxygen atoms in total. The molecule has 0 unspecified atom stereocenters. The van der Waals surface area contributed by atoms with Crippen LogP contribution in [0.4, 0.5) is 5.82 Å². The number of hydrogen-bond donors (Lipinski definition) is 1. The molecular weight excluding hydrogens is 264 g/mol. The van der Waals surface area contributed by atoms with Gasteiger partial charge in [-0.2, -0.15) is 5.10 Å². The zero-order chi connectivity index (χ0) is 14.8. The summed E-state index contributed by atoms with van der Waals surface area (Å²) < 4.78 is 1.92. The molecule has 0 spiro atoms. The summed E-state index contributed by atoms with van der Waals surface area (Å²) in [6, 6.07) is 9.91. The molecule has 1 amide bonds. The number of piperidine rings is 1. The molecule has 2 N–H and O–H groups in total. The molecule has 1 fully saturated rings. The van der Waals surface area contributed by atoms with Gasteiger partial charge >= 0.3 is 0 Å². The van der Waals surface area contributed by atoms with Crippen LogP contribution in [-0.4, -0.2) is 33.7 Å². The van der Waals surface area contributed by atoms with Crippen molar-refractivity contribution >= 4 is 11.7 Å². The summed E-state index contributed by atoms with van der Waals surface area (Å²) in [5, 5.41) is 4.26. The highest BCUT2D eigenvalue weighted by molar-refractivity contribution is 5.94. The maximum atomic E-state index is 12.4. The highest BCUT2D eigenvalue weighted by atomic mass is 16.2. The maximum Gasteiger partial charge on any atom is 0.253 e. The van der Waals surface area contributed by atoms with Crippen molar-refractivity contribution in [2.24, 2.45) is 0 Å². The number of nitrogens with zero attached hydrogens (tertiary/aromatic N) is 3. The Balaban J connectivity index is 1.63. The third-order valence-corrected chi connectivity index (χ3v) is 4.05. The number of anilines is 1. The number of carbonyl (C=O) groups excluding carboxylic acids is 1. The van der Waals surface area contributed by atoms with Crippen molar-refractivity contribution in [2.45, 2.75) is 25.8 Å². The van der Waals surface area contributed by atoms with Crippen LogP contribution >= 0.6 is 0 Å². The van der Waals surface area contributed by atoms with Crippen LogP contribution in [0.3, 0.4) is 0 Å². The standard InChI is InChI=1S/C16H20N4O/c1-12-2-4-13(5-3-12)16(21)19-9-6-14(7-10-19)20-11-8-15(17)18-20/h2-5,8,11,14H,6-7,9-10H2,1H3,(H2,17,18). The molecule has 110 valence electrons. The van der Waals surface area contributed by atoms with Crippen molar-refractivity contribution < 1.29 is 4.79 Å². The minimum atomic E-state index is 0.119. The van der Waals surface area contributed by atoms with E-state index in [-0.39, 0.29) is 5.91 Å². The number of aryl methyl sites for hydroxylation is 1. The average Bonchev–Trinajstić information content (AvgIpc) is 2.94. The van der Waals surface area contributed by atoms with Gasteiger partial charge in [-0.3, -0.25) is 9.48 Å². The lowest BCUT2D eigenvalue weighted by atomic mass is 10.0. The number of amides is 1. The first-order valence-electron chi connectivity index (χ1n) is 7.30. The topological polar surface area (TPSA) is 64.2 Å². The quantitative estimate of drug-likeness (QED) is 0.920. The van der Waals surface area contributed by atoms with Gasteiger partial charge in [0.2, 0.25) is 0 Å². The van der Waals surface area contributed by atoms with E-state index < -0.39 is 0 Å². The second-order valence-corrected chi connectivity index (χ2v) is 5.61. The Hall–Kier alpha value is -2.30. The molecule has 5 heteroatoms. The van der Waals surface area contributed by atoms with Crippen LogP contribution in [0.1, 0.15) is 34.8 Å². The summed E-state index contributed by atoms with van der Waals surface area (Å²) in [6.45, 7) is 3.55. The molecular formula is C16H20N4O. The van der Waals surface area contributed by atoms with Gasteiger partial charge in [-0.1, -0.05) is 17.7 Å².